The molecule has 0 heterocycles. The first-order chi connectivity index (χ1) is 4.16. The van der Waals surface area contributed by atoms with Crippen LogP contribution in [0, 0.1) is 11.3 Å². The Labute approximate surface area is 53.8 Å². The van der Waals surface area contributed by atoms with E-state index in [1.165, 1.54) is 0 Å². The fourth-order valence-electron chi connectivity index (χ4n) is 0.330. The van der Waals surface area contributed by atoms with Crippen molar-refractivity contribution in [1.29, 1.82) is 5.26 Å². The van der Waals surface area contributed by atoms with Gasteiger partial charge in [-0.25, -0.2) is 0 Å². The van der Waals surface area contributed by atoms with Crippen LogP contribution in [0.2, 0.25) is 0 Å². The van der Waals surface area contributed by atoms with Crippen LogP contribution in [-0.4, -0.2) is 5.91 Å². The minimum atomic E-state index is -0.397. The summed E-state index contributed by atoms with van der Waals surface area (Å²) in [6.45, 7) is 3.38. The van der Waals surface area contributed by atoms with Gasteiger partial charge in [0.05, 0.1) is 6.07 Å². The summed E-state index contributed by atoms with van der Waals surface area (Å²) in [5, 5.41) is 8.15. The minimum absolute atomic E-state index is 0.215. The maximum absolute atomic E-state index is 10.1. The Morgan fingerprint density at radius 3 is 2.56 bits per heavy atom. The van der Waals surface area contributed by atoms with Gasteiger partial charge in [0, 0.05) is 12.0 Å². The second kappa shape index (κ2) is 3.67. The van der Waals surface area contributed by atoms with Crippen molar-refractivity contribution < 1.29 is 4.79 Å². The maximum Gasteiger partial charge on any atom is 0.217 e. The number of hydrogen-bond donors (Lipinski definition) is 1. The molecule has 0 aliphatic carbocycles. The van der Waals surface area contributed by atoms with Crippen LogP contribution in [0.3, 0.4) is 0 Å². The van der Waals surface area contributed by atoms with E-state index in [1.54, 1.807) is 0 Å². The molecule has 3 nitrogen and oxygen atoms in total. The van der Waals surface area contributed by atoms with Gasteiger partial charge in [-0.05, 0) is 6.42 Å². The van der Waals surface area contributed by atoms with E-state index in [2.05, 4.69) is 6.58 Å². The molecule has 0 rings (SSSR count). The van der Waals surface area contributed by atoms with Crippen molar-refractivity contribution >= 4 is 5.91 Å². The number of nitrogens with zero attached hydrogens (tertiary/aromatic N) is 1. The van der Waals surface area contributed by atoms with Gasteiger partial charge >= 0.3 is 0 Å². The Bertz CT molecular complexity index is 166. The first-order valence-electron chi connectivity index (χ1n) is 2.53. The van der Waals surface area contributed by atoms with Crippen molar-refractivity contribution in [1.82, 2.24) is 0 Å². The van der Waals surface area contributed by atoms with Crippen molar-refractivity contribution in [3.8, 4) is 6.07 Å². The molecule has 0 unspecified atom stereocenters. The first-order valence-corrected chi connectivity index (χ1v) is 2.53. The molecule has 0 aromatic carbocycles. The van der Waals surface area contributed by atoms with Crippen LogP contribution in [0.5, 0.6) is 0 Å². The highest BCUT2D eigenvalue weighted by Gasteiger charge is 1.95. The van der Waals surface area contributed by atoms with Crippen LogP contribution in [0.1, 0.15) is 12.8 Å². The monoisotopic (exact) mass is 124 g/mol. The summed E-state index contributed by atoms with van der Waals surface area (Å²) in [6, 6.07) is 1.82. The SMILES string of the molecule is C=C(C#N)CCC(N)=O. The predicted molar refractivity (Wildman–Crippen MR) is 33.2 cm³/mol. The lowest BCUT2D eigenvalue weighted by Gasteiger charge is -1.89. The minimum Gasteiger partial charge on any atom is -0.370 e. The Morgan fingerprint density at radius 1 is 1.67 bits per heavy atom. The standard InChI is InChI=1S/C6H8N2O/c1-5(4-7)2-3-6(8)9/h1-3H2,(H2,8,9). The van der Waals surface area contributed by atoms with Gasteiger partial charge in [-0.3, -0.25) is 4.79 Å². The molecule has 3 heteroatoms. The van der Waals surface area contributed by atoms with Gasteiger partial charge in [-0.1, -0.05) is 6.58 Å². The molecule has 0 saturated heterocycles. The molecule has 0 saturated carbocycles. The summed E-state index contributed by atoms with van der Waals surface area (Å²) in [6.07, 6.45) is 0.595. The average Bonchev–Trinajstić information content (AvgIpc) is 1.83. The lowest BCUT2D eigenvalue weighted by atomic mass is 10.2. The van der Waals surface area contributed by atoms with E-state index >= 15 is 0 Å². The number of nitriles is 1. The van der Waals surface area contributed by atoms with E-state index in [4.69, 9.17) is 11.0 Å². The highest BCUT2D eigenvalue weighted by molar-refractivity contribution is 5.74. The molecular formula is C6H8N2O. The number of carbonyl (C=O) groups excluding carboxylic acids is 1. The maximum atomic E-state index is 10.1. The zero-order chi connectivity index (χ0) is 7.28. The molecule has 0 bridgehead atoms. The fourth-order valence-corrected chi connectivity index (χ4v) is 0.330. The summed E-state index contributed by atoms with van der Waals surface area (Å²) >= 11 is 0. The molecular weight excluding hydrogens is 116 g/mol. The van der Waals surface area contributed by atoms with Crippen molar-refractivity contribution in [2.24, 2.45) is 5.73 Å². The Hall–Kier alpha value is -1.30. The Balaban J connectivity index is 3.43. The van der Waals surface area contributed by atoms with Crippen molar-refractivity contribution in [2.45, 2.75) is 12.8 Å². The molecule has 0 aromatic rings. The third-order valence-corrected chi connectivity index (χ3v) is 0.831. The third-order valence-electron chi connectivity index (χ3n) is 0.831. The van der Waals surface area contributed by atoms with Gasteiger partial charge in [0.15, 0.2) is 0 Å². The number of allylic oxidation sites excluding steroid dienone is 1. The predicted octanol–water partition coefficient (Wildman–Crippen LogP) is 0.332. The summed E-state index contributed by atoms with van der Waals surface area (Å²) in [4.78, 5) is 10.1. The molecule has 0 spiro atoms. The van der Waals surface area contributed by atoms with Crippen molar-refractivity contribution in [2.75, 3.05) is 0 Å². The van der Waals surface area contributed by atoms with E-state index in [0.29, 0.717) is 12.0 Å². The van der Waals surface area contributed by atoms with Crippen LogP contribution >= 0.6 is 0 Å². The number of amides is 1. The first kappa shape index (κ1) is 7.70. The number of rotatable bonds is 3. The normalized spacial score (nSPS) is 7.89. The van der Waals surface area contributed by atoms with Gasteiger partial charge in [-0.15, -0.1) is 0 Å². The molecule has 0 aromatic heterocycles. The number of hydrogen-bond acceptors (Lipinski definition) is 2. The lowest BCUT2D eigenvalue weighted by Crippen LogP contribution is -2.09. The highest BCUT2D eigenvalue weighted by atomic mass is 16.1. The van der Waals surface area contributed by atoms with Crippen LogP contribution in [0.15, 0.2) is 12.2 Å². The number of nitrogens with two attached hydrogens (primary N) is 1. The highest BCUT2D eigenvalue weighted by Crippen LogP contribution is 1.97. The van der Waals surface area contributed by atoms with Gasteiger partial charge in [0.25, 0.3) is 0 Å². The molecule has 48 valence electrons. The van der Waals surface area contributed by atoms with Crippen LogP contribution in [0.25, 0.3) is 0 Å². The Morgan fingerprint density at radius 2 is 2.22 bits per heavy atom. The van der Waals surface area contributed by atoms with Crippen LogP contribution < -0.4 is 5.73 Å². The lowest BCUT2D eigenvalue weighted by molar-refractivity contribution is -0.117. The summed E-state index contributed by atoms with van der Waals surface area (Å²) in [5.74, 6) is -0.397. The molecule has 0 radical (unpaired) electrons. The van der Waals surface area contributed by atoms with E-state index in [0.717, 1.165) is 0 Å². The van der Waals surface area contributed by atoms with E-state index in [-0.39, 0.29) is 6.42 Å². The molecule has 0 fully saturated rings. The third kappa shape index (κ3) is 4.56. The molecule has 0 aliphatic heterocycles. The summed E-state index contributed by atoms with van der Waals surface area (Å²) < 4.78 is 0. The quantitative estimate of drug-likeness (QED) is 0.551. The van der Waals surface area contributed by atoms with E-state index in [1.807, 2.05) is 6.07 Å². The van der Waals surface area contributed by atoms with Gasteiger partial charge in [-0.2, -0.15) is 5.26 Å². The number of carbonyl (C=O) groups is 1. The van der Waals surface area contributed by atoms with Crippen LogP contribution in [-0.2, 0) is 4.79 Å². The van der Waals surface area contributed by atoms with E-state index in [9.17, 15) is 4.79 Å². The molecule has 1 amide bonds. The van der Waals surface area contributed by atoms with Crippen LogP contribution in [0.4, 0.5) is 0 Å². The summed E-state index contributed by atoms with van der Waals surface area (Å²) in [7, 11) is 0. The molecule has 0 aliphatic rings. The zero-order valence-corrected chi connectivity index (χ0v) is 5.05. The zero-order valence-electron chi connectivity index (χ0n) is 5.05. The van der Waals surface area contributed by atoms with Gasteiger partial charge < -0.3 is 5.73 Å². The number of primary amides is 1. The topological polar surface area (TPSA) is 66.9 Å². The molecule has 9 heavy (non-hydrogen) atoms. The molecule has 2 N–H and O–H groups in total. The second-order valence-electron chi connectivity index (χ2n) is 1.68. The van der Waals surface area contributed by atoms with Crippen molar-refractivity contribution in [3.63, 3.8) is 0 Å². The largest absolute Gasteiger partial charge is 0.370 e. The Kier molecular flexibility index (Phi) is 3.14. The van der Waals surface area contributed by atoms with E-state index < -0.39 is 5.91 Å². The van der Waals surface area contributed by atoms with Gasteiger partial charge in [0.2, 0.25) is 5.91 Å². The summed E-state index contributed by atoms with van der Waals surface area (Å²) in [5.41, 5.74) is 5.20. The average molecular weight is 124 g/mol. The smallest absolute Gasteiger partial charge is 0.217 e. The van der Waals surface area contributed by atoms with Gasteiger partial charge in [0.1, 0.15) is 0 Å². The second-order valence-corrected chi connectivity index (χ2v) is 1.68. The van der Waals surface area contributed by atoms with Crippen molar-refractivity contribution in [3.05, 3.63) is 12.2 Å². The fraction of sp³-hybridized carbons (Fsp3) is 0.333. The molecule has 0 atom stereocenters.